The molecule has 27 heavy (non-hydrogen) atoms. The minimum Gasteiger partial charge on any atom is -0.370 e. The fraction of sp³-hybridized carbons (Fsp3) is 0.227. The summed E-state index contributed by atoms with van der Waals surface area (Å²) < 4.78 is 0. The summed E-state index contributed by atoms with van der Waals surface area (Å²) in [5.41, 5.74) is 2.75. The van der Waals surface area contributed by atoms with Crippen molar-refractivity contribution in [2.24, 2.45) is 0 Å². The molecule has 3 aromatic rings. The fourth-order valence-electron chi connectivity index (χ4n) is 2.80. The maximum absolute atomic E-state index is 12.4. The van der Waals surface area contributed by atoms with E-state index < -0.39 is 0 Å². The maximum Gasteiger partial charge on any atom is 0.270 e. The van der Waals surface area contributed by atoms with Crippen LogP contribution in [0.3, 0.4) is 0 Å². The van der Waals surface area contributed by atoms with Gasteiger partial charge in [0, 0.05) is 19.2 Å². The Bertz CT molecular complexity index is 866. The molecule has 138 valence electrons. The first-order valence-corrected chi connectivity index (χ1v) is 9.16. The molecule has 0 aliphatic rings. The molecule has 2 aromatic carbocycles. The number of hydrogen-bond acceptors (Lipinski definition) is 4. The molecule has 5 heteroatoms. The van der Waals surface area contributed by atoms with Gasteiger partial charge in [-0.3, -0.25) is 4.79 Å². The molecule has 1 aromatic heterocycles. The van der Waals surface area contributed by atoms with Gasteiger partial charge in [0.2, 0.25) is 0 Å². The van der Waals surface area contributed by atoms with Crippen LogP contribution in [0.1, 0.15) is 33.9 Å². The van der Waals surface area contributed by atoms with Crippen LogP contribution in [0.5, 0.6) is 0 Å². The van der Waals surface area contributed by atoms with Gasteiger partial charge in [-0.15, -0.1) is 0 Å². The van der Waals surface area contributed by atoms with E-state index in [9.17, 15) is 4.79 Å². The Kier molecular flexibility index (Phi) is 6.52. The van der Waals surface area contributed by atoms with Crippen LogP contribution < -0.4 is 10.6 Å². The minimum atomic E-state index is -0.198. The van der Waals surface area contributed by atoms with Crippen molar-refractivity contribution in [2.45, 2.75) is 26.3 Å². The smallest absolute Gasteiger partial charge is 0.270 e. The van der Waals surface area contributed by atoms with Gasteiger partial charge in [-0.05, 0) is 30.9 Å². The summed E-state index contributed by atoms with van der Waals surface area (Å²) in [6.45, 7) is 3.06. The van der Waals surface area contributed by atoms with Crippen LogP contribution in [0.2, 0.25) is 0 Å². The topological polar surface area (TPSA) is 66.9 Å². The zero-order valence-corrected chi connectivity index (χ0v) is 15.5. The number of carbonyl (C=O) groups excluding carboxylic acids is 1. The van der Waals surface area contributed by atoms with E-state index in [0.717, 1.165) is 24.9 Å². The van der Waals surface area contributed by atoms with E-state index >= 15 is 0 Å². The molecule has 0 bridgehead atoms. The van der Waals surface area contributed by atoms with Crippen molar-refractivity contribution in [3.63, 3.8) is 0 Å². The van der Waals surface area contributed by atoms with E-state index in [-0.39, 0.29) is 5.91 Å². The number of amides is 1. The highest BCUT2D eigenvalue weighted by molar-refractivity contribution is 5.92. The molecule has 1 heterocycles. The number of aryl methyl sites for hydroxylation is 2. The second kappa shape index (κ2) is 9.48. The normalized spacial score (nSPS) is 10.4. The van der Waals surface area contributed by atoms with Gasteiger partial charge >= 0.3 is 0 Å². The largest absolute Gasteiger partial charge is 0.370 e. The molecule has 0 spiro atoms. The Hall–Kier alpha value is -3.21. The number of rotatable bonds is 8. The van der Waals surface area contributed by atoms with Gasteiger partial charge in [0.1, 0.15) is 17.3 Å². The molecule has 0 aliphatic carbocycles. The first kappa shape index (κ1) is 18.6. The number of nitrogens with one attached hydrogen (secondary N) is 2. The molecule has 0 saturated carbocycles. The molecule has 0 saturated heterocycles. The average Bonchev–Trinajstić information content (AvgIpc) is 2.70. The third-order valence-corrected chi connectivity index (χ3v) is 4.16. The van der Waals surface area contributed by atoms with Gasteiger partial charge in [-0.1, -0.05) is 60.7 Å². The predicted octanol–water partition coefficient (Wildman–Crippen LogP) is 3.76. The third kappa shape index (κ3) is 5.92. The number of nitrogens with zero attached hydrogens (tertiary/aromatic N) is 2. The Labute approximate surface area is 159 Å². The molecule has 0 aliphatic heterocycles. The van der Waals surface area contributed by atoms with Gasteiger partial charge in [-0.2, -0.15) is 0 Å². The van der Waals surface area contributed by atoms with Gasteiger partial charge in [0.15, 0.2) is 0 Å². The highest BCUT2D eigenvalue weighted by Gasteiger charge is 2.10. The molecular weight excluding hydrogens is 336 g/mol. The monoisotopic (exact) mass is 360 g/mol. The van der Waals surface area contributed by atoms with E-state index in [2.05, 4.69) is 44.9 Å². The molecule has 3 rings (SSSR count). The summed E-state index contributed by atoms with van der Waals surface area (Å²) in [6.07, 6.45) is 1.99. The lowest BCUT2D eigenvalue weighted by Gasteiger charge is -2.09. The molecule has 0 radical (unpaired) electrons. The second-order valence-electron chi connectivity index (χ2n) is 6.37. The van der Waals surface area contributed by atoms with E-state index in [4.69, 9.17) is 0 Å². The number of aromatic nitrogens is 2. The molecule has 5 nitrogen and oxygen atoms in total. The van der Waals surface area contributed by atoms with Gasteiger partial charge in [0.05, 0.1) is 0 Å². The number of benzene rings is 2. The van der Waals surface area contributed by atoms with E-state index in [1.165, 1.54) is 5.56 Å². The molecule has 0 unspecified atom stereocenters. The van der Waals surface area contributed by atoms with Crippen molar-refractivity contribution in [2.75, 3.05) is 11.9 Å². The first-order valence-electron chi connectivity index (χ1n) is 9.16. The van der Waals surface area contributed by atoms with Gasteiger partial charge < -0.3 is 10.6 Å². The van der Waals surface area contributed by atoms with E-state index in [0.29, 0.717) is 23.9 Å². The number of anilines is 1. The lowest BCUT2D eigenvalue weighted by molar-refractivity contribution is 0.0945. The average molecular weight is 360 g/mol. The minimum absolute atomic E-state index is 0.198. The Morgan fingerprint density at radius 3 is 2.30 bits per heavy atom. The summed E-state index contributed by atoms with van der Waals surface area (Å²) in [7, 11) is 0. The van der Waals surface area contributed by atoms with Gasteiger partial charge in [-0.25, -0.2) is 9.97 Å². The van der Waals surface area contributed by atoms with Crippen LogP contribution in [0.15, 0.2) is 66.7 Å². The van der Waals surface area contributed by atoms with E-state index in [1.54, 1.807) is 13.0 Å². The molecular formula is C22H24N4O. The quantitative estimate of drug-likeness (QED) is 0.600. The van der Waals surface area contributed by atoms with Crippen molar-refractivity contribution in [3.05, 3.63) is 89.4 Å². The highest BCUT2D eigenvalue weighted by atomic mass is 16.1. The zero-order chi connectivity index (χ0) is 18.9. The Morgan fingerprint density at radius 1 is 0.926 bits per heavy atom. The summed E-state index contributed by atoms with van der Waals surface area (Å²) >= 11 is 0. The van der Waals surface area contributed by atoms with Crippen LogP contribution >= 0.6 is 0 Å². The number of hydrogen-bond donors (Lipinski definition) is 2. The van der Waals surface area contributed by atoms with Crippen LogP contribution in [0, 0.1) is 6.92 Å². The summed E-state index contributed by atoms with van der Waals surface area (Å²) in [6, 6.07) is 21.9. The van der Waals surface area contributed by atoms with Crippen molar-refractivity contribution in [3.8, 4) is 0 Å². The fourth-order valence-corrected chi connectivity index (χ4v) is 2.80. The van der Waals surface area contributed by atoms with Gasteiger partial charge in [0.25, 0.3) is 5.91 Å². The van der Waals surface area contributed by atoms with Crippen LogP contribution in [0.25, 0.3) is 0 Å². The molecule has 0 atom stereocenters. The maximum atomic E-state index is 12.4. The van der Waals surface area contributed by atoms with Crippen molar-refractivity contribution < 1.29 is 4.79 Å². The molecule has 0 fully saturated rings. The standard InChI is InChI=1S/C22H24N4O/c1-17-25-20(22(27)24-16-19-11-6-3-7-12-19)15-21(26-17)23-14-8-13-18-9-4-2-5-10-18/h2-7,9-12,15H,8,13-14,16H2,1H3,(H,24,27)(H,23,25,26). The zero-order valence-electron chi connectivity index (χ0n) is 15.5. The van der Waals surface area contributed by atoms with Crippen molar-refractivity contribution in [1.82, 2.24) is 15.3 Å². The Balaban J connectivity index is 1.52. The summed E-state index contributed by atoms with van der Waals surface area (Å²) in [4.78, 5) is 21.0. The van der Waals surface area contributed by atoms with E-state index in [1.807, 2.05) is 36.4 Å². The highest BCUT2D eigenvalue weighted by Crippen LogP contribution is 2.09. The lowest BCUT2D eigenvalue weighted by atomic mass is 10.1. The van der Waals surface area contributed by atoms with Crippen LogP contribution in [-0.2, 0) is 13.0 Å². The Morgan fingerprint density at radius 2 is 1.59 bits per heavy atom. The summed E-state index contributed by atoms with van der Waals surface area (Å²) in [5, 5.41) is 6.20. The number of carbonyl (C=O) groups is 1. The van der Waals surface area contributed by atoms with Crippen LogP contribution in [0.4, 0.5) is 5.82 Å². The molecule has 2 N–H and O–H groups in total. The third-order valence-electron chi connectivity index (χ3n) is 4.16. The first-order chi connectivity index (χ1) is 13.2. The predicted molar refractivity (Wildman–Crippen MR) is 108 cm³/mol. The second-order valence-corrected chi connectivity index (χ2v) is 6.37. The summed E-state index contributed by atoms with van der Waals surface area (Å²) in [5.74, 6) is 1.06. The molecule has 1 amide bonds. The van der Waals surface area contributed by atoms with Crippen molar-refractivity contribution >= 4 is 11.7 Å². The van der Waals surface area contributed by atoms with Crippen LogP contribution in [-0.4, -0.2) is 22.4 Å². The lowest BCUT2D eigenvalue weighted by Crippen LogP contribution is -2.24. The SMILES string of the molecule is Cc1nc(NCCCc2ccccc2)cc(C(=O)NCc2ccccc2)n1. The van der Waals surface area contributed by atoms with Crippen molar-refractivity contribution in [1.29, 1.82) is 0 Å².